The van der Waals surface area contributed by atoms with Crippen molar-refractivity contribution in [2.24, 2.45) is 22.2 Å². The second-order valence-corrected chi connectivity index (χ2v) is 6.89. The molecule has 31 heavy (non-hydrogen) atoms. The monoisotopic (exact) mass is 463 g/mol. The minimum Gasteiger partial charge on any atom is -0.481 e. The molecule has 0 saturated carbocycles. The summed E-state index contributed by atoms with van der Waals surface area (Å²) in [4.78, 5) is 62.4. The number of carbonyl (C=O) groups is 5. The SMILES string of the molecule is CC(NC(=O)C(N)CCCN=C(N)N)C(=O)NC(CC(=O)O)C(=O)NC(CS)C(=O)O. The third kappa shape index (κ3) is 11.6. The lowest BCUT2D eigenvalue weighted by molar-refractivity contribution is -0.143. The molecule has 0 aromatic heterocycles. The Hall–Kier alpha value is -3.07. The van der Waals surface area contributed by atoms with Gasteiger partial charge in [0.1, 0.15) is 18.1 Å². The van der Waals surface area contributed by atoms with Gasteiger partial charge >= 0.3 is 11.9 Å². The van der Waals surface area contributed by atoms with E-state index < -0.39 is 60.2 Å². The standard InChI is InChI=1S/C16H29N7O7S/c1-7(21-13(27)8(17)3-2-4-20-16(18)19)12(26)22-9(5-11(24)25)14(28)23-10(6-31)15(29)30/h7-10,31H,2-6,17H2,1H3,(H,21,27)(H,22,26)(H,23,28)(H,24,25)(H,29,30)(H4,18,19,20). The van der Waals surface area contributed by atoms with Crippen LogP contribution >= 0.6 is 12.6 Å². The number of nitrogens with two attached hydrogens (primary N) is 3. The molecule has 0 aromatic rings. The predicted molar refractivity (Wildman–Crippen MR) is 113 cm³/mol. The number of nitrogens with zero attached hydrogens (tertiary/aromatic N) is 1. The van der Waals surface area contributed by atoms with Gasteiger partial charge in [-0.3, -0.25) is 24.2 Å². The number of carboxylic acids is 2. The van der Waals surface area contributed by atoms with Gasteiger partial charge in [-0.15, -0.1) is 0 Å². The van der Waals surface area contributed by atoms with Crippen LogP contribution in [0.5, 0.6) is 0 Å². The van der Waals surface area contributed by atoms with Crippen molar-refractivity contribution >= 4 is 48.2 Å². The lowest BCUT2D eigenvalue weighted by Gasteiger charge is -2.22. The predicted octanol–water partition coefficient (Wildman–Crippen LogP) is -3.67. The van der Waals surface area contributed by atoms with Gasteiger partial charge in [0.2, 0.25) is 17.7 Å². The van der Waals surface area contributed by atoms with E-state index in [4.69, 9.17) is 27.4 Å². The van der Waals surface area contributed by atoms with Crippen LogP contribution in [0.4, 0.5) is 0 Å². The summed E-state index contributed by atoms with van der Waals surface area (Å²) in [5.41, 5.74) is 16.1. The first-order valence-corrected chi connectivity index (χ1v) is 9.79. The summed E-state index contributed by atoms with van der Waals surface area (Å²) in [6, 6.07) is -5.05. The molecule has 0 radical (unpaired) electrons. The fraction of sp³-hybridized carbons (Fsp3) is 0.625. The quantitative estimate of drug-likeness (QED) is 0.0528. The van der Waals surface area contributed by atoms with E-state index in [0.29, 0.717) is 6.42 Å². The maximum atomic E-state index is 12.3. The van der Waals surface area contributed by atoms with Crippen molar-refractivity contribution in [3.63, 3.8) is 0 Å². The van der Waals surface area contributed by atoms with E-state index in [9.17, 15) is 24.0 Å². The molecule has 4 unspecified atom stereocenters. The summed E-state index contributed by atoms with van der Waals surface area (Å²) < 4.78 is 0. The molecule has 15 heteroatoms. The van der Waals surface area contributed by atoms with E-state index in [1.165, 1.54) is 6.92 Å². The van der Waals surface area contributed by atoms with Gasteiger partial charge in [0.25, 0.3) is 0 Å². The minimum atomic E-state index is -1.57. The average molecular weight is 464 g/mol. The molecule has 4 atom stereocenters. The van der Waals surface area contributed by atoms with E-state index in [-0.39, 0.29) is 24.7 Å². The number of hydrogen-bond acceptors (Lipinski definition) is 8. The zero-order valence-corrected chi connectivity index (χ0v) is 17.8. The second-order valence-electron chi connectivity index (χ2n) is 6.53. The first-order chi connectivity index (χ1) is 14.4. The van der Waals surface area contributed by atoms with Crippen molar-refractivity contribution in [2.75, 3.05) is 12.3 Å². The number of thiol groups is 1. The van der Waals surface area contributed by atoms with Crippen LogP contribution in [0.15, 0.2) is 4.99 Å². The van der Waals surface area contributed by atoms with Gasteiger partial charge < -0.3 is 43.4 Å². The molecular formula is C16H29N7O7S. The van der Waals surface area contributed by atoms with E-state index >= 15 is 0 Å². The Kier molecular flexibility index (Phi) is 12.6. The third-order valence-corrected chi connectivity index (χ3v) is 4.23. The number of rotatable bonds is 14. The maximum absolute atomic E-state index is 12.3. The maximum Gasteiger partial charge on any atom is 0.327 e. The summed E-state index contributed by atoms with van der Waals surface area (Å²) in [6.07, 6.45) is -0.146. The lowest BCUT2D eigenvalue weighted by Crippen LogP contribution is -2.57. The summed E-state index contributed by atoms with van der Waals surface area (Å²) in [6.45, 7) is 1.58. The molecule has 0 aliphatic carbocycles. The molecule has 14 nitrogen and oxygen atoms in total. The summed E-state index contributed by atoms with van der Waals surface area (Å²) in [5.74, 6) is -5.65. The summed E-state index contributed by atoms with van der Waals surface area (Å²) in [5, 5.41) is 24.5. The molecule has 0 spiro atoms. The molecule has 0 fully saturated rings. The number of aliphatic carboxylic acids is 2. The molecular weight excluding hydrogens is 434 g/mol. The average Bonchev–Trinajstić information content (AvgIpc) is 2.67. The molecule has 0 aliphatic rings. The van der Waals surface area contributed by atoms with Gasteiger partial charge in [-0.05, 0) is 19.8 Å². The van der Waals surface area contributed by atoms with Crippen molar-refractivity contribution in [1.29, 1.82) is 0 Å². The van der Waals surface area contributed by atoms with Crippen LogP contribution in [0.25, 0.3) is 0 Å². The van der Waals surface area contributed by atoms with Gasteiger partial charge in [-0.1, -0.05) is 0 Å². The fourth-order valence-electron chi connectivity index (χ4n) is 2.17. The van der Waals surface area contributed by atoms with Gasteiger partial charge in [0.05, 0.1) is 12.5 Å². The fourth-order valence-corrected chi connectivity index (χ4v) is 2.42. The molecule has 0 aromatic carbocycles. The minimum absolute atomic E-state index is 0.0905. The molecule has 0 rings (SSSR count). The van der Waals surface area contributed by atoms with Crippen molar-refractivity contribution in [2.45, 2.75) is 50.4 Å². The number of aliphatic imine (C=N–C) groups is 1. The third-order valence-electron chi connectivity index (χ3n) is 3.87. The first kappa shape index (κ1) is 27.9. The van der Waals surface area contributed by atoms with Crippen LogP contribution in [0, 0.1) is 0 Å². The molecule has 3 amide bonds. The van der Waals surface area contributed by atoms with Gasteiger partial charge in [-0.2, -0.15) is 12.6 Å². The normalized spacial score (nSPS) is 14.3. The topological polar surface area (TPSA) is 252 Å². The van der Waals surface area contributed by atoms with Crippen LogP contribution in [-0.4, -0.2) is 82.3 Å². The lowest BCUT2D eigenvalue weighted by atomic mass is 10.1. The molecule has 0 heterocycles. The van der Waals surface area contributed by atoms with Crippen molar-refractivity contribution in [3.05, 3.63) is 0 Å². The summed E-state index contributed by atoms with van der Waals surface area (Å²) >= 11 is 3.79. The second kappa shape index (κ2) is 14.0. The summed E-state index contributed by atoms with van der Waals surface area (Å²) in [7, 11) is 0. The molecule has 0 saturated heterocycles. The van der Waals surface area contributed by atoms with Crippen LogP contribution < -0.4 is 33.2 Å². The van der Waals surface area contributed by atoms with Crippen molar-refractivity contribution in [1.82, 2.24) is 16.0 Å². The Bertz CT molecular complexity index is 700. The number of guanidine groups is 1. The highest BCUT2D eigenvalue weighted by molar-refractivity contribution is 7.80. The largest absolute Gasteiger partial charge is 0.481 e. The van der Waals surface area contributed by atoms with Gasteiger partial charge in [0.15, 0.2) is 5.96 Å². The Labute approximate surface area is 183 Å². The Morgan fingerprint density at radius 1 is 0.968 bits per heavy atom. The van der Waals surface area contributed by atoms with Crippen molar-refractivity contribution in [3.8, 4) is 0 Å². The highest BCUT2D eigenvalue weighted by Gasteiger charge is 2.29. The van der Waals surface area contributed by atoms with Crippen LogP contribution in [0.3, 0.4) is 0 Å². The first-order valence-electron chi connectivity index (χ1n) is 9.16. The van der Waals surface area contributed by atoms with Crippen LogP contribution in [0.2, 0.25) is 0 Å². The highest BCUT2D eigenvalue weighted by atomic mass is 32.1. The van der Waals surface area contributed by atoms with E-state index in [0.717, 1.165) is 0 Å². The number of carboxylic acid groups (broad SMARTS) is 2. The Balaban J connectivity index is 4.88. The van der Waals surface area contributed by atoms with E-state index in [2.05, 4.69) is 33.6 Å². The number of nitrogens with one attached hydrogen (secondary N) is 3. The molecule has 0 aliphatic heterocycles. The molecule has 0 bridgehead atoms. The highest BCUT2D eigenvalue weighted by Crippen LogP contribution is 2.00. The van der Waals surface area contributed by atoms with Crippen LogP contribution in [-0.2, 0) is 24.0 Å². The number of carbonyl (C=O) groups excluding carboxylic acids is 3. The zero-order valence-electron chi connectivity index (χ0n) is 16.9. The smallest absolute Gasteiger partial charge is 0.327 e. The van der Waals surface area contributed by atoms with Gasteiger partial charge in [-0.25, -0.2) is 4.79 Å². The van der Waals surface area contributed by atoms with E-state index in [1.807, 2.05) is 0 Å². The number of hydrogen-bond donors (Lipinski definition) is 9. The zero-order chi connectivity index (χ0) is 24.1. The molecule has 11 N–H and O–H groups in total. The Morgan fingerprint density at radius 2 is 1.55 bits per heavy atom. The van der Waals surface area contributed by atoms with Crippen molar-refractivity contribution < 1.29 is 34.2 Å². The van der Waals surface area contributed by atoms with Gasteiger partial charge in [0, 0.05) is 12.3 Å². The Morgan fingerprint density at radius 3 is 2.03 bits per heavy atom. The van der Waals surface area contributed by atoms with E-state index in [1.54, 1.807) is 0 Å². The molecule has 176 valence electrons. The number of amides is 3. The van der Waals surface area contributed by atoms with Crippen LogP contribution in [0.1, 0.15) is 26.2 Å².